The Bertz CT molecular complexity index is 1300. The van der Waals surface area contributed by atoms with Crippen molar-refractivity contribution in [2.24, 2.45) is 0 Å². The second kappa shape index (κ2) is 9.02. The van der Waals surface area contributed by atoms with E-state index in [1.54, 1.807) is 52.0 Å². The van der Waals surface area contributed by atoms with E-state index in [-0.39, 0.29) is 22.4 Å². The Morgan fingerprint density at radius 1 is 1.17 bits per heavy atom. The van der Waals surface area contributed by atoms with Crippen LogP contribution in [-0.2, 0) is 10.9 Å². The van der Waals surface area contributed by atoms with Gasteiger partial charge in [-0.3, -0.25) is 4.79 Å². The van der Waals surface area contributed by atoms with Crippen molar-refractivity contribution in [3.8, 4) is 0 Å². The summed E-state index contributed by atoms with van der Waals surface area (Å²) in [5.74, 6) is 0.0655. The molecule has 1 aliphatic rings. The lowest BCUT2D eigenvalue weighted by molar-refractivity contribution is -0.138. The molecule has 1 saturated carbocycles. The van der Waals surface area contributed by atoms with E-state index in [1.165, 1.54) is 6.07 Å². The topological polar surface area (TPSA) is 84.1 Å². The molecule has 1 aliphatic carbocycles. The molecule has 1 fully saturated rings. The van der Waals surface area contributed by atoms with Crippen LogP contribution >= 0.6 is 0 Å². The van der Waals surface area contributed by atoms with Crippen LogP contribution < -0.4 is 10.9 Å². The second-order valence-electron chi connectivity index (χ2n) is 9.86. The van der Waals surface area contributed by atoms with Crippen LogP contribution in [0.5, 0.6) is 0 Å². The molecular formula is C26H28F3N3O3. The van der Waals surface area contributed by atoms with Crippen molar-refractivity contribution < 1.29 is 22.7 Å². The molecule has 0 radical (unpaired) electrons. The van der Waals surface area contributed by atoms with E-state index < -0.39 is 34.9 Å². The van der Waals surface area contributed by atoms with E-state index in [9.17, 15) is 22.8 Å². The zero-order chi connectivity index (χ0) is 25.5. The molecule has 4 rings (SSSR count). The van der Waals surface area contributed by atoms with Crippen LogP contribution in [0.2, 0.25) is 0 Å². The van der Waals surface area contributed by atoms with Gasteiger partial charge in [-0.05, 0) is 82.0 Å². The average Bonchev–Trinajstić information content (AvgIpc) is 3.61. The van der Waals surface area contributed by atoms with E-state index in [0.717, 1.165) is 18.9 Å². The van der Waals surface area contributed by atoms with Crippen LogP contribution in [0.15, 0.2) is 41.2 Å². The van der Waals surface area contributed by atoms with Gasteiger partial charge in [0.05, 0.1) is 28.1 Å². The average molecular weight is 488 g/mol. The molecule has 0 saturated heterocycles. The SMILES string of the molecule is CC[C@@H](Nc1ccc(C(=O)OC(C)(C)C)cc1)c1cc2c(=O)[nH]c(C3CC3)nc2cc1C(F)(F)F. The summed E-state index contributed by atoms with van der Waals surface area (Å²) in [6, 6.07) is 7.88. The number of anilines is 1. The fraction of sp³-hybridized carbons (Fsp3) is 0.423. The smallest absolute Gasteiger partial charge is 0.416 e. The number of benzene rings is 2. The summed E-state index contributed by atoms with van der Waals surface area (Å²) in [5.41, 5.74) is -1.02. The zero-order valence-electron chi connectivity index (χ0n) is 20.0. The van der Waals surface area contributed by atoms with Gasteiger partial charge in [-0.1, -0.05) is 6.92 Å². The van der Waals surface area contributed by atoms with E-state index in [2.05, 4.69) is 15.3 Å². The summed E-state index contributed by atoms with van der Waals surface area (Å²) in [6.07, 6.45) is -2.56. The monoisotopic (exact) mass is 487 g/mol. The van der Waals surface area contributed by atoms with Crippen LogP contribution in [-0.4, -0.2) is 21.5 Å². The normalized spacial score (nSPS) is 15.2. The van der Waals surface area contributed by atoms with Crippen molar-refractivity contribution in [3.05, 3.63) is 69.3 Å². The third kappa shape index (κ3) is 5.66. The van der Waals surface area contributed by atoms with Gasteiger partial charge in [-0.2, -0.15) is 13.2 Å². The number of aromatic nitrogens is 2. The number of hydrogen-bond acceptors (Lipinski definition) is 5. The van der Waals surface area contributed by atoms with Gasteiger partial charge in [0.2, 0.25) is 0 Å². The summed E-state index contributed by atoms with van der Waals surface area (Å²) in [4.78, 5) is 32.0. The molecule has 2 N–H and O–H groups in total. The number of H-pyrrole nitrogens is 1. The molecule has 0 bridgehead atoms. The van der Waals surface area contributed by atoms with E-state index in [0.29, 0.717) is 23.5 Å². The van der Waals surface area contributed by atoms with Crippen LogP contribution in [0.4, 0.5) is 18.9 Å². The lowest BCUT2D eigenvalue weighted by atomic mass is 9.95. The number of hydrogen-bond donors (Lipinski definition) is 2. The van der Waals surface area contributed by atoms with Crippen LogP contribution in [0.1, 0.15) is 86.2 Å². The maximum atomic E-state index is 14.1. The van der Waals surface area contributed by atoms with Crippen molar-refractivity contribution in [2.45, 2.75) is 70.7 Å². The summed E-state index contributed by atoms with van der Waals surface area (Å²) < 4.78 is 47.5. The minimum absolute atomic E-state index is 0.0322. The minimum atomic E-state index is -4.62. The number of carbonyl (C=O) groups is 1. The lowest BCUT2D eigenvalue weighted by Gasteiger charge is -2.24. The molecule has 9 heteroatoms. The minimum Gasteiger partial charge on any atom is -0.456 e. The fourth-order valence-corrected chi connectivity index (χ4v) is 3.95. The van der Waals surface area contributed by atoms with Gasteiger partial charge in [0, 0.05) is 11.6 Å². The van der Waals surface area contributed by atoms with E-state index >= 15 is 0 Å². The summed E-state index contributed by atoms with van der Waals surface area (Å²) in [6.45, 7) is 7.06. The Morgan fingerprint density at radius 3 is 2.37 bits per heavy atom. The van der Waals surface area contributed by atoms with Gasteiger partial charge >= 0.3 is 12.1 Å². The Morgan fingerprint density at radius 2 is 1.83 bits per heavy atom. The fourth-order valence-electron chi connectivity index (χ4n) is 3.95. The van der Waals surface area contributed by atoms with Crippen LogP contribution in [0.25, 0.3) is 10.9 Å². The highest BCUT2D eigenvalue weighted by Crippen LogP contribution is 2.40. The number of halogens is 3. The zero-order valence-corrected chi connectivity index (χ0v) is 20.0. The first-order valence-electron chi connectivity index (χ1n) is 11.6. The summed E-state index contributed by atoms with van der Waals surface area (Å²) in [7, 11) is 0. The van der Waals surface area contributed by atoms with Gasteiger partial charge in [0.15, 0.2) is 0 Å². The third-order valence-corrected chi connectivity index (χ3v) is 5.81. The molecule has 6 nitrogen and oxygen atoms in total. The van der Waals surface area contributed by atoms with Gasteiger partial charge in [-0.25, -0.2) is 9.78 Å². The first-order chi connectivity index (χ1) is 16.4. The first kappa shape index (κ1) is 24.8. The number of ether oxygens (including phenoxy) is 1. The number of esters is 1. The molecule has 0 amide bonds. The largest absolute Gasteiger partial charge is 0.456 e. The molecular weight excluding hydrogens is 459 g/mol. The summed E-state index contributed by atoms with van der Waals surface area (Å²) >= 11 is 0. The maximum Gasteiger partial charge on any atom is 0.416 e. The van der Waals surface area contributed by atoms with Crippen molar-refractivity contribution in [1.82, 2.24) is 9.97 Å². The number of aromatic amines is 1. The van der Waals surface area contributed by atoms with Crippen molar-refractivity contribution in [3.63, 3.8) is 0 Å². The Kier molecular flexibility index (Phi) is 6.38. The Hall–Kier alpha value is -3.36. The van der Waals surface area contributed by atoms with E-state index in [4.69, 9.17) is 4.74 Å². The molecule has 186 valence electrons. The molecule has 0 unspecified atom stereocenters. The van der Waals surface area contributed by atoms with Crippen LogP contribution in [0.3, 0.4) is 0 Å². The van der Waals surface area contributed by atoms with Gasteiger partial charge in [0.25, 0.3) is 5.56 Å². The molecule has 3 aromatic rings. The maximum absolute atomic E-state index is 14.1. The highest BCUT2D eigenvalue weighted by Gasteiger charge is 2.36. The van der Waals surface area contributed by atoms with Crippen LogP contribution in [0, 0.1) is 0 Å². The van der Waals surface area contributed by atoms with Crippen molar-refractivity contribution in [2.75, 3.05) is 5.32 Å². The van der Waals surface area contributed by atoms with Gasteiger partial charge in [-0.15, -0.1) is 0 Å². The third-order valence-electron chi connectivity index (χ3n) is 5.81. The standard InChI is InChI=1S/C26H28F3N3O3/c1-5-20(30-16-10-8-15(9-11-16)24(34)35-25(2,3)4)17-12-18-21(13-19(17)26(27,28)29)31-22(14-6-7-14)32-23(18)33/h8-14,20,30H,5-7H2,1-4H3,(H,31,32,33)/t20-/m1/s1. The summed E-state index contributed by atoms with van der Waals surface area (Å²) in [5, 5.41) is 3.23. The molecule has 35 heavy (non-hydrogen) atoms. The number of carbonyl (C=O) groups excluding carboxylic acids is 1. The lowest BCUT2D eigenvalue weighted by Crippen LogP contribution is -2.23. The van der Waals surface area contributed by atoms with Crippen molar-refractivity contribution in [1.29, 1.82) is 0 Å². The first-order valence-corrected chi connectivity index (χ1v) is 11.6. The second-order valence-corrected chi connectivity index (χ2v) is 9.86. The van der Waals surface area contributed by atoms with Gasteiger partial charge < -0.3 is 15.0 Å². The highest BCUT2D eigenvalue weighted by atomic mass is 19.4. The highest BCUT2D eigenvalue weighted by molar-refractivity contribution is 5.90. The van der Waals surface area contributed by atoms with Crippen molar-refractivity contribution >= 4 is 22.6 Å². The molecule has 1 heterocycles. The predicted octanol–water partition coefficient (Wildman–Crippen LogP) is 6.34. The molecule has 1 atom stereocenters. The molecule has 0 spiro atoms. The number of alkyl halides is 3. The number of nitrogens with zero attached hydrogens (tertiary/aromatic N) is 1. The predicted molar refractivity (Wildman–Crippen MR) is 128 cm³/mol. The number of rotatable bonds is 6. The number of nitrogens with one attached hydrogen (secondary N) is 2. The number of fused-ring (bicyclic) bond motifs is 1. The molecule has 0 aliphatic heterocycles. The van der Waals surface area contributed by atoms with E-state index in [1.807, 2.05) is 0 Å². The molecule has 1 aromatic heterocycles. The Balaban J connectivity index is 1.68. The quantitative estimate of drug-likeness (QED) is 0.397. The molecule has 2 aromatic carbocycles. The van der Waals surface area contributed by atoms with Gasteiger partial charge in [0.1, 0.15) is 11.4 Å². The Labute approximate surface area is 200 Å².